The highest BCUT2D eigenvalue weighted by molar-refractivity contribution is 6.64. The van der Waals surface area contributed by atoms with E-state index in [0.29, 0.717) is 11.8 Å². The van der Waals surface area contributed by atoms with Crippen molar-refractivity contribution >= 4 is 16.9 Å². The van der Waals surface area contributed by atoms with Gasteiger partial charge in [-0.05, 0) is 25.1 Å². The van der Waals surface area contributed by atoms with Crippen molar-refractivity contribution in [3.05, 3.63) is 0 Å². The maximum atomic E-state index is 5.74. The zero-order chi connectivity index (χ0) is 10.3. The first-order valence-electron chi connectivity index (χ1n) is 4.50. The predicted molar refractivity (Wildman–Crippen MR) is 58.1 cm³/mol. The minimum Gasteiger partial charge on any atom is -0.364 e. The van der Waals surface area contributed by atoms with E-state index in [1.165, 1.54) is 0 Å². The summed E-state index contributed by atoms with van der Waals surface area (Å²) in [4.78, 5) is 6.38. The summed E-state index contributed by atoms with van der Waals surface area (Å²) in [7, 11) is 1.75. The molecule has 78 valence electrons. The molecular weight excluding hydrogens is 188 g/mol. The van der Waals surface area contributed by atoms with Gasteiger partial charge in [-0.2, -0.15) is 0 Å². The van der Waals surface area contributed by atoms with E-state index in [9.17, 15) is 0 Å². The lowest BCUT2D eigenvalue weighted by Gasteiger charge is -2.24. The van der Waals surface area contributed by atoms with Crippen LogP contribution in [0, 0.1) is 0 Å². The summed E-state index contributed by atoms with van der Waals surface area (Å²) in [6, 6.07) is 0. The molecule has 0 aromatic rings. The van der Waals surface area contributed by atoms with Crippen molar-refractivity contribution in [3.8, 4) is 0 Å². The molecule has 0 heterocycles. The molecule has 0 bridgehead atoms. The van der Waals surface area contributed by atoms with Crippen molar-refractivity contribution in [2.24, 2.45) is 10.7 Å². The predicted octanol–water partition coefficient (Wildman–Crippen LogP) is 0.427. The SMILES string of the molecule is CCN(CCN)C(C)/N=C(/Cl)NC. The first kappa shape index (κ1) is 12.7. The molecule has 0 radical (unpaired) electrons. The first-order chi connectivity index (χ1) is 6.15. The van der Waals surface area contributed by atoms with Gasteiger partial charge in [-0.15, -0.1) is 0 Å². The normalized spacial score (nSPS) is 14.8. The summed E-state index contributed by atoms with van der Waals surface area (Å²) in [5.41, 5.74) is 5.47. The van der Waals surface area contributed by atoms with Gasteiger partial charge in [0.15, 0.2) is 5.29 Å². The molecule has 0 aromatic carbocycles. The number of hydrogen-bond acceptors (Lipinski definition) is 3. The summed E-state index contributed by atoms with van der Waals surface area (Å²) >= 11 is 5.74. The number of nitrogens with one attached hydrogen (secondary N) is 1. The van der Waals surface area contributed by atoms with E-state index in [-0.39, 0.29) is 6.17 Å². The van der Waals surface area contributed by atoms with Gasteiger partial charge in [0.25, 0.3) is 0 Å². The Kier molecular flexibility index (Phi) is 6.94. The highest BCUT2D eigenvalue weighted by Crippen LogP contribution is 2.00. The van der Waals surface area contributed by atoms with E-state index >= 15 is 0 Å². The second-order valence-corrected chi connectivity index (χ2v) is 3.08. The number of nitrogens with two attached hydrogens (primary N) is 1. The van der Waals surface area contributed by atoms with Crippen molar-refractivity contribution < 1.29 is 0 Å². The van der Waals surface area contributed by atoms with Gasteiger partial charge in [0.2, 0.25) is 0 Å². The molecule has 3 N–H and O–H groups in total. The lowest BCUT2D eigenvalue weighted by Crippen LogP contribution is -2.36. The lowest BCUT2D eigenvalue weighted by atomic mass is 10.4. The number of aliphatic imine (C=N–C) groups is 1. The summed E-state index contributed by atoms with van der Waals surface area (Å²) in [6.07, 6.45) is 0.0773. The van der Waals surface area contributed by atoms with Gasteiger partial charge >= 0.3 is 0 Å². The second-order valence-electron chi connectivity index (χ2n) is 2.72. The highest BCUT2D eigenvalue weighted by atomic mass is 35.5. The highest BCUT2D eigenvalue weighted by Gasteiger charge is 2.09. The Morgan fingerprint density at radius 3 is 2.69 bits per heavy atom. The van der Waals surface area contributed by atoms with Crippen LogP contribution in [0.25, 0.3) is 0 Å². The van der Waals surface area contributed by atoms with Crippen LogP contribution in [0.15, 0.2) is 4.99 Å². The number of halogens is 1. The van der Waals surface area contributed by atoms with Gasteiger partial charge in [-0.25, -0.2) is 4.99 Å². The molecule has 5 heteroatoms. The smallest absolute Gasteiger partial charge is 0.192 e. The molecule has 1 atom stereocenters. The number of rotatable bonds is 5. The van der Waals surface area contributed by atoms with Crippen LogP contribution < -0.4 is 11.1 Å². The van der Waals surface area contributed by atoms with E-state index in [1.54, 1.807) is 7.05 Å². The second kappa shape index (κ2) is 7.12. The maximum Gasteiger partial charge on any atom is 0.192 e. The lowest BCUT2D eigenvalue weighted by molar-refractivity contribution is 0.232. The number of likely N-dealkylation sites (N-methyl/N-ethyl adjacent to an activating group) is 1. The Balaban J connectivity index is 4.11. The molecule has 13 heavy (non-hydrogen) atoms. The van der Waals surface area contributed by atoms with Gasteiger partial charge < -0.3 is 11.1 Å². The third-order valence-corrected chi connectivity index (χ3v) is 2.14. The van der Waals surface area contributed by atoms with Crippen molar-refractivity contribution in [3.63, 3.8) is 0 Å². The van der Waals surface area contributed by atoms with Crippen LogP contribution in [0.2, 0.25) is 0 Å². The fourth-order valence-electron chi connectivity index (χ4n) is 1.09. The standard InChI is InChI=1S/C8H19ClN4/c1-4-13(6-5-10)7(2)12-8(9)11-3/h7H,4-6,10H2,1-3H3,(H,11,12). The van der Waals surface area contributed by atoms with Crippen LogP contribution in [0.3, 0.4) is 0 Å². The molecule has 0 fully saturated rings. The van der Waals surface area contributed by atoms with Crippen LogP contribution >= 0.6 is 11.6 Å². The van der Waals surface area contributed by atoms with Crippen LogP contribution in [0.4, 0.5) is 0 Å². The molecule has 4 nitrogen and oxygen atoms in total. The fourth-order valence-corrected chi connectivity index (χ4v) is 1.23. The Hall–Kier alpha value is -0.320. The van der Waals surface area contributed by atoms with Gasteiger partial charge in [0.05, 0.1) is 0 Å². The molecule has 0 saturated carbocycles. The van der Waals surface area contributed by atoms with Gasteiger partial charge in [-0.3, -0.25) is 4.90 Å². The van der Waals surface area contributed by atoms with Crippen LogP contribution in [-0.2, 0) is 0 Å². The maximum absolute atomic E-state index is 5.74. The first-order valence-corrected chi connectivity index (χ1v) is 4.88. The van der Waals surface area contributed by atoms with Crippen molar-refractivity contribution in [1.82, 2.24) is 10.2 Å². The van der Waals surface area contributed by atoms with E-state index in [0.717, 1.165) is 13.1 Å². The summed E-state index contributed by atoms with van der Waals surface area (Å²) in [5.74, 6) is 0. The molecule has 1 unspecified atom stereocenters. The Bertz CT molecular complexity index is 160. The summed E-state index contributed by atoms with van der Waals surface area (Å²) in [6.45, 7) is 6.49. The minimum absolute atomic E-state index is 0.0773. The van der Waals surface area contributed by atoms with Crippen LogP contribution in [0.5, 0.6) is 0 Å². The van der Waals surface area contributed by atoms with Gasteiger partial charge in [0.1, 0.15) is 6.17 Å². The van der Waals surface area contributed by atoms with Gasteiger partial charge in [0, 0.05) is 20.1 Å². The van der Waals surface area contributed by atoms with Crippen molar-refractivity contribution in [2.75, 3.05) is 26.7 Å². The van der Waals surface area contributed by atoms with Crippen LogP contribution in [0.1, 0.15) is 13.8 Å². The molecular formula is C8H19ClN4. The van der Waals surface area contributed by atoms with E-state index < -0.39 is 0 Å². The quantitative estimate of drug-likeness (QED) is 0.390. The average Bonchev–Trinajstić information content (AvgIpc) is 2.13. The zero-order valence-electron chi connectivity index (χ0n) is 8.55. The third kappa shape index (κ3) is 5.08. The number of nitrogens with zero attached hydrogens (tertiary/aromatic N) is 2. The molecule has 0 rings (SSSR count). The molecule has 0 aliphatic heterocycles. The Morgan fingerprint density at radius 2 is 2.31 bits per heavy atom. The summed E-state index contributed by atoms with van der Waals surface area (Å²) < 4.78 is 0. The van der Waals surface area contributed by atoms with E-state index in [2.05, 4.69) is 22.1 Å². The monoisotopic (exact) mass is 206 g/mol. The number of hydrogen-bond donors (Lipinski definition) is 2. The molecule has 0 aliphatic carbocycles. The molecule has 0 amide bonds. The summed E-state index contributed by atoms with van der Waals surface area (Å²) in [5, 5.41) is 3.21. The minimum atomic E-state index is 0.0773. The topological polar surface area (TPSA) is 53.6 Å². The van der Waals surface area contributed by atoms with Crippen molar-refractivity contribution in [2.45, 2.75) is 20.0 Å². The Labute approximate surface area is 85.1 Å². The van der Waals surface area contributed by atoms with E-state index in [4.69, 9.17) is 17.3 Å². The molecule has 0 saturated heterocycles. The fraction of sp³-hybridized carbons (Fsp3) is 0.875. The number of amidine groups is 1. The van der Waals surface area contributed by atoms with Crippen molar-refractivity contribution in [1.29, 1.82) is 0 Å². The molecule has 0 spiro atoms. The Morgan fingerprint density at radius 1 is 1.69 bits per heavy atom. The largest absolute Gasteiger partial charge is 0.364 e. The third-order valence-electron chi connectivity index (χ3n) is 1.86. The average molecular weight is 207 g/mol. The zero-order valence-corrected chi connectivity index (χ0v) is 9.30. The molecule has 0 aliphatic rings. The molecule has 0 aromatic heterocycles. The van der Waals surface area contributed by atoms with Gasteiger partial charge in [-0.1, -0.05) is 6.92 Å². The van der Waals surface area contributed by atoms with Crippen LogP contribution in [-0.4, -0.2) is 43.0 Å². The van der Waals surface area contributed by atoms with E-state index in [1.807, 2.05) is 6.92 Å².